The molecule has 0 saturated carbocycles. The molecular weight excluding hydrogens is 312 g/mol. The minimum absolute atomic E-state index is 0.0359. The molecule has 0 saturated heterocycles. The molecule has 1 amide bonds. The van der Waals surface area contributed by atoms with E-state index in [0.29, 0.717) is 18.0 Å². The SMILES string of the molecule is O=C(CCCc1nnc2ccccn12)NCc1ccc(Cl)cc1. The van der Waals surface area contributed by atoms with Crippen molar-refractivity contribution in [2.75, 3.05) is 0 Å². The van der Waals surface area contributed by atoms with E-state index in [2.05, 4.69) is 15.5 Å². The Morgan fingerprint density at radius 1 is 1.13 bits per heavy atom. The number of nitrogens with one attached hydrogen (secondary N) is 1. The summed E-state index contributed by atoms with van der Waals surface area (Å²) in [7, 11) is 0. The van der Waals surface area contributed by atoms with Gasteiger partial charge in [-0.1, -0.05) is 29.8 Å². The van der Waals surface area contributed by atoms with Crippen LogP contribution in [-0.4, -0.2) is 20.5 Å². The fourth-order valence-electron chi connectivity index (χ4n) is 2.36. The standard InChI is InChI=1S/C17H17ClN4O/c18-14-9-7-13(8-10-14)12-19-17(23)6-3-5-16-21-20-15-4-1-2-11-22(15)16/h1-2,4,7-11H,3,5-6,12H2,(H,19,23). The predicted octanol–water partition coefficient (Wildman–Crippen LogP) is 3.02. The van der Waals surface area contributed by atoms with Crippen molar-refractivity contribution in [2.45, 2.75) is 25.8 Å². The summed E-state index contributed by atoms with van der Waals surface area (Å²) < 4.78 is 1.95. The molecule has 3 aromatic rings. The zero-order chi connectivity index (χ0) is 16.1. The molecule has 0 aliphatic rings. The van der Waals surface area contributed by atoms with Gasteiger partial charge >= 0.3 is 0 Å². The number of halogens is 1. The first kappa shape index (κ1) is 15.5. The van der Waals surface area contributed by atoms with Crippen LogP contribution >= 0.6 is 11.6 Å². The van der Waals surface area contributed by atoms with Crippen LogP contribution in [0.5, 0.6) is 0 Å². The molecule has 0 unspecified atom stereocenters. The number of carbonyl (C=O) groups excluding carboxylic acids is 1. The molecule has 6 heteroatoms. The van der Waals surface area contributed by atoms with E-state index in [9.17, 15) is 4.79 Å². The average Bonchev–Trinajstić information content (AvgIpc) is 2.98. The molecule has 0 bridgehead atoms. The third kappa shape index (κ3) is 4.07. The van der Waals surface area contributed by atoms with Gasteiger partial charge in [-0.3, -0.25) is 9.20 Å². The van der Waals surface area contributed by atoms with E-state index in [1.807, 2.05) is 53.1 Å². The van der Waals surface area contributed by atoms with E-state index in [1.54, 1.807) is 0 Å². The van der Waals surface area contributed by atoms with Gasteiger partial charge in [-0.2, -0.15) is 0 Å². The van der Waals surface area contributed by atoms with Crippen LogP contribution in [0.3, 0.4) is 0 Å². The Kier molecular flexibility index (Phi) is 4.88. The minimum atomic E-state index is 0.0359. The van der Waals surface area contributed by atoms with Gasteiger partial charge in [0.05, 0.1) is 0 Å². The summed E-state index contributed by atoms with van der Waals surface area (Å²) in [4.78, 5) is 11.9. The largest absolute Gasteiger partial charge is 0.352 e. The molecule has 118 valence electrons. The highest BCUT2D eigenvalue weighted by molar-refractivity contribution is 6.30. The lowest BCUT2D eigenvalue weighted by Gasteiger charge is -2.05. The van der Waals surface area contributed by atoms with E-state index in [4.69, 9.17) is 11.6 Å². The number of pyridine rings is 1. The van der Waals surface area contributed by atoms with Gasteiger partial charge in [0.2, 0.25) is 5.91 Å². The molecule has 5 nitrogen and oxygen atoms in total. The summed E-state index contributed by atoms with van der Waals surface area (Å²) >= 11 is 5.83. The Morgan fingerprint density at radius 3 is 2.78 bits per heavy atom. The molecule has 0 atom stereocenters. The number of fused-ring (bicyclic) bond motifs is 1. The van der Waals surface area contributed by atoms with Crippen molar-refractivity contribution < 1.29 is 4.79 Å². The monoisotopic (exact) mass is 328 g/mol. The molecule has 23 heavy (non-hydrogen) atoms. The molecule has 0 radical (unpaired) electrons. The quantitative estimate of drug-likeness (QED) is 0.756. The third-order valence-electron chi connectivity index (χ3n) is 3.59. The number of amides is 1. The topological polar surface area (TPSA) is 59.3 Å². The summed E-state index contributed by atoms with van der Waals surface area (Å²) in [6, 6.07) is 13.2. The molecule has 0 spiro atoms. The van der Waals surface area contributed by atoms with Crippen LogP contribution in [0.25, 0.3) is 5.65 Å². The van der Waals surface area contributed by atoms with Gasteiger partial charge in [0.25, 0.3) is 0 Å². The number of hydrogen-bond acceptors (Lipinski definition) is 3. The third-order valence-corrected chi connectivity index (χ3v) is 3.84. The van der Waals surface area contributed by atoms with E-state index in [1.165, 1.54) is 0 Å². The summed E-state index contributed by atoms with van der Waals surface area (Å²) in [5, 5.41) is 11.9. The lowest BCUT2D eigenvalue weighted by Crippen LogP contribution is -2.22. The zero-order valence-corrected chi connectivity index (χ0v) is 13.3. The van der Waals surface area contributed by atoms with Crippen LogP contribution in [0.4, 0.5) is 0 Å². The van der Waals surface area contributed by atoms with Crippen molar-refractivity contribution in [1.82, 2.24) is 19.9 Å². The highest BCUT2D eigenvalue weighted by Crippen LogP contribution is 2.09. The number of benzene rings is 1. The molecule has 1 N–H and O–H groups in total. The molecule has 0 fully saturated rings. The van der Waals surface area contributed by atoms with Crippen LogP contribution in [0, 0.1) is 0 Å². The van der Waals surface area contributed by atoms with Gasteiger partial charge in [-0.25, -0.2) is 0 Å². The highest BCUT2D eigenvalue weighted by atomic mass is 35.5. The number of aryl methyl sites for hydroxylation is 1. The number of rotatable bonds is 6. The minimum Gasteiger partial charge on any atom is -0.352 e. The van der Waals surface area contributed by atoms with Crippen molar-refractivity contribution in [2.24, 2.45) is 0 Å². The van der Waals surface area contributed by atoms with Gasteiger partial charge in [0, 0.05) is 30.6 Å². The lowest BCUT2D eigenvalue weighted by molar-refractivity contribution is -0.121. The second-order valence-electron chi connectivity index (χ2n) is 5.30. The van der Waals surface area contributed by atoms with Gasteiger partial charge in [0.1, 0.15) is 5.82 Å². The number of carbonyl (C=O) groups is 1. The van der Waals surface area contributed by atoms with Crippen LogP contribution in [-0.2, 0) is 17.8 Å². The van der Waals surface area contributed by atoms with Gasteiger partial charge in [-0.05, 0) is 36.2 Å². The molecular formula is C17H17ClN4O. The maximum Gasteiger partial charge on any atom is 0.220 e. The Labute approximate surface area is 139 Å². The normalized spacial score (nSPS) is 10.8. The summed E-state index contributed by atoms with van der Waals surface area (Å²) in [5.41, 5.74) is 1.86. The van der Waals surface area contributed by atoms with Crippen molar-refractivity contribution in [3.05, 3.63) is 65.1 Å². The van der Waals surface area contributed by atoms with Crippen LogP contribution < -0.4 is 5.32 Å². The maximum absolute atomic E-state index is 11.9. The highest BCUT2D eigenvalue weighted by Gasteiger charge is 2.06. The summed E-state index contributed by atoms with van der Waals surface area (Å²) in [6.45, 7) is 0.518. The van der Waals surface area contributed by atoms with Gasteiger partial charge in [0.15, 0.2) is 5.65 Å². The smallest absolute Gasteiger partial charge is 0.220 e. The molecule has 1 aromatic carbocycles. The van der Waals surface area contributed by atoms with Crippen molar-refractivity contribution in [1.29, 1.82) is 0 Å². The zero-order valence-electron chi connectivity index (χ0n) is 12.6. The first-order valence-electron chi connectivity index (χ1n) is 7.52. The molecule has 2 aromatic heterocycles. The molecule has 2 heterocycles. The first-order chi connectivity index (χ1) is 11.2. The van der Waals surface area contributed by atoms with Crippen molar-refractivity contribution in [3.63, 3.8) is 0 Å². The lowest BCUT2D eigenvalue weighted by atomic mass is 10.2. The predicted molar refractivity (Wildman–Crippen MR) is 89.2 cm³/mol. The van der Waals surface area contributed by atoms with E-state index >= 15 is 0 Å². The number of nitrogens with zero attached hydrogens (tertiary/aromatic N) is 3. The van der Waals surface area contributed by atoms with Gasteiger partial charge in [-0.15, -0.1) is 10.2 Å². The van der Waals surface area contributed by atoms with Crippen LogP contribution in [0.2, 0.25) is 5.02 Å². The van der Waals surface area contributed by atoms with Crippen molar-refractivity contribution in [3.8, 4) is 0 Å². The maximum atomic E-state index is 11.9. The Balaban J connectivity index is 1.45. The Morgan fingerprint density at radius 2 is 1.96 bits per heavy atom. The Bertz CT molecular complexity index is 798. The second-order valence-corrected chi connectivity index (χ2v) is 5.74. The van der Waals surface area contributed by atoms with Gasteiger partial charge < -0.3 is 5.32 Å². The second kappa shape index (κ2) is 7.24. The van der Waals surface area contributed by atoms with E-state index in [-0.39, 0.29) is 5.91 Å². The molecule has 0 aliphatic carbocycles. The fourth-order valence-corrected chi connectivity index (χ4v) is 2.49. The van der Waals surface area contributed by atoms with E-state index < -0.39 is 0 Å². The van der Waals surface area contributed by atoms with Crippen LogP contribution in [0.1, 0.15) is 24.2 Å². The summed E-state index contributed by atoms with van der Waals surface area (Å²) in [6.07, 6.45) is 3.86. The summed E-state index contributed by atoms with van der Waals surface area (Å²) in [5.74, 6) is 0.917. The molecule has 3 rings (SSSR count). The first-order valence-corrected chi connectivity index (χ1v) is 7.90. The van der Waals surface area contributed by atoms with E-state index in [0.717, 1.165) is 29.9 Å². The average molecular weight is 329 g/mol. The van der Waals surface area contributed by atoms with Crippen molar-refractivity contribution >= 4 is 23.2 Å². The van der Waals surface area contributed by atoms with Crippen LogP contribution in [0.15, 0.2) is 48.7 Å². The number of aromatic nitrogens is 3. The Hall–Kier alpha value is -2.40. The number of hydrogen-bond donors (Lipinski definition) is 1. The molecule has 0 aliphatic heterocycles. The fraction of sp³-hybridized carbons (Fsp3) is 0.235.